The van der Waals surface area contributed by atoms with Crippen molar-refractivity contribution in [2.75, 3.05) is 6.61 Å². The van der Waals surface area contributed by atoms with Crippen LogP contribution in [-0.2, 0) is 4.79 Å². The van der Waals surface area contributed by atoms with Gasteiger partial charge in [0.05, 0.1) is 12.3 Å². The SMILES string of the molecule is CC1(C)C=C2[C@H]3CC[C@@H]4[C@@]5(C)C/C(=C/c6ccccn6)C(=O)C(C)(C)[C@@H]5CC[C@@]4(C)[C@]3(C)CC[C@@]2(CO)CC1. The van der Waals surface area contributed by atoms with Crippen LogP contribution in [0.2, 0.25) is 0 Å². The summed E-state index contributed by atoms with van der Waals surface area (Å²) in [5.74, 6) is 1.88. The minimum atomic E-state index is -0.360. The number of hydrogen-bond donors (Lipinski definition) is 1. The number of Topliss-reactive ketones (excluding diaryl/α,β-unsaturated/α-hetero) is 1. The molecule has 4 fully saturated rings. The lowest BCUT2D eigenvalue weighted by molar-refractivity contribution is -0.207. The molecule has 7 atom stereocenters. The van der Waals surface area contributed by atoms with Gasteiger partial charge in [-0.05, 0) is 121 Å². The molecule has 5 aliphatic carbocycles. The van der Waals surface area contributed by atoms with Gasteiger partial charge >= 0.3 is 0 Å². The maximum Gasteiger partial charge on any atom is 0.164 e. The second-order valence-corrected chi connectivity index (χ2v) is 16.3. The second kappa shape index (κ2) is 8.63. The maximum atomic E-state index is 13.9. The van der Waals surface area contributed by atoms with Crippen molar-refractivity contribution in [3.05, 3.63) is 47.3 Å². The van der Waals surface area contributed by atoms with Crippen LogP contribution in [-0.4, -0.2) is 22.5 Å². The van der Waals surface area contributed by atoms with Crippen molar-refractivity contribution in [2.24, 2.45) is 50.2 Å². The molecule has 0 saturated heterocycles. The Morgan fingerprint density at radius 2 is 1.64 bits per heavy atom. The molecule has 6 rings (SSSR count). The van der Waals surface area contributed by atoms with Crippen molar-refractivity contribution in [1.82, 2.24) is 4.98 Å². The van der Waals surface area contributed by atoms with Crippen LogP contribution in [0.1, 0.15) is 112 Å². The molecule has 0 amide bonds. The number of nitrogens with zero attached hydrogens (tertiary/aromatic N) is 1. The first kappa shape index (κ1) is 27.4. The molecule has 0 aromatic carbocycles. The van der Waals surface area contributed by atoms with E-state index >= 15 is 0 Å². The molecule has 1 aromatic rings. The van der Waals surface area contributed by atoms with Crippen molar-refractivity contribution >= 4 is 11.9 Å². The van der Waals surface area contributed by atoms with Gasteiger partial charge in [0.15, 0.2) is 5.78 Å². The molecule has 5 aliphatic rings. The molecule has 3 nitrogen and oxygen atoms in total. The molecule has 0 unspecified atom stereocenters. The fraction of sp³-hybridized carbons (Fsp3) is 0.722. The van der Waals surface area contributed by atoms with E-state index < -0.39 is 0 Å². The van der Waals surface area contributed by atoms with E-state index in [4.69, 9.17) is 0 Å². The third kappa shape index (κ3) is 3.70. The number of fused-ring (bicyclic) bond motifs is 7. The normalized spacial score (nSPS) is 45.4. The van der Waals surface area contributed by atoms with E-state index in [0.717, 1.165) is 37.0 Å². The predicted molar refractivity (Wildman–Crippen MR) is 159 cm³/mol. The molecular formula is C36H51NO2. The molecule has 1 N–H and O–H groups in total. The number of aliphatic hydroxyl groups is 1. The first-order chi connectivity index (χ1) is 18.2. The molecule has 1 aromatic heterocycles. The van der Waals surface area contributed by atoms with E-state index in [1.54, 1.807) is 5.57 Å². The molecule has 0 spiro atoms. The fourth-order valence-corrected chi connectivity index (χ4v) is 11.3. The average molecular weight is 530 g/mol. The van der Waals surface area contributed by atoms with Crippen molar-refractivity contribution < 1.29 is 9.90 Å². The number of ketones is 1. The highest BCUT2D eigenvalue weighted by molar-refractivity contribution is 6.04. The van der Waals surface area contributed by atoms with Gasteiger partial charge in [-0.1, -0.05) is 66.2 Å². The Bertz CT molecular complexity index is 1230. The quantitative estimate of drug-likeness (QED) is 0.309. The van der Waals surface area contributed by atoms with Crippen LogP contribution in [0.15, 0.2) is 41.6 Å². The number of aromatic nitrogens is 1. The lowest BCUT2D eigenvalue weighted by Crippen LogP contribution is -2.65. The molecule has 1 heterocycles. The Balaban J connectivity index is 1.42. The van der Waals surface area contributed by atoms with Crippen molar-refractivity contribution in [1.29, 1.82) is 0 Å². The Kier molecular flexibility index (Phi) is 6.07. The van der Waals surface area contributed by atoms with Gasteiger partial charge in [0, 0.05) is 17.0 Å². The standard InChI is InChI=1S/C36H51NO2/c1-31(2)15-17-36(23-38)18-16-34(6)26(27(36)22-31)11-12-29-33(5)21-24(20-25-10-8-9-19-37-25)30(39)32(3,4)28(33)13-14-35(29,34)7/h8-10,19-20,22,26,28-29,38H,11-18,21,23H2,1-7H3/b24-20-/t26-,28+,29-,33+,34-,35-,36-/m1/s1. The molecule has 0 radical (unpaired) electrons. The van der Waals surface area contributed by atoms with Gasteiger partial charge < -0.3 is 5.11 Å². The van der Waals surface area contributed by atoms with Crippen LogP contribution in [0.5, 0.6) is 0 Å². The highest BCUT2D eigenvalue weighted by Gasteiger charge is 2.69. The van der Waals surface area contributed by atoms with E-state index in [-0.39, 0.29) is 32.5 Å². The summed E-state index contributed by atoms with van der Waals surface area (Å²) in [4.78, 5) is 18.5. The average Bonchev–Trinajstić information content (AvgIpc) is 2.88. The van der Waals surface area contributed by atoms with E-state index in [1.165, 1.54) is 32.1 Å². The summed E-state index contributed by atoms with van der Waals surface area (Å²) in [6.07, 6.45) is 16.8. The zero-order valence-electron chi connectivity index (χ0n) is 25.6. The Morgan fingerprint density at radius 3 is 2.33 bits per heavy atom. The van der Waals surface area contributed by atoms with Gasteiger partial charge in [0.2, 0.25) is 0 Å². The van der Waals surface area contributed by atoms with E-state index in [2.05, 4.69) is 65.6 Å². The lowest BCUT2D eigenvalue weighted by atomic mass is 9.32. The fourth-order valence-electron chi connectivity index (χ4n) is 11.3. The first-order valence-electron chi connectivity index (χ1n) is 15.7. The lowest BCUT2D eigenvalue weighted by Gasteiger charge is -2.72. The summed E-state index contributed by atoms with van der Waals surface area (Å²) < 4.78 is 0. The van der Waals surface area contributed by atoms with Crippen LogP contribution in [0, 0.1) is 50.2 Å². The van der Waals surface area contributed by atoms with Crippen molar-refractivity contribution in [2.45, 2.75) is 106 Å². The summed E-state index contributed by atoms with van der Waals surface area (Å²) in [5, 5.41) is 10.8. The molecule has 0 bridgehead atoms. The van der Waals surface area contributed by atoms with E-state index in [1.807, 2.05) is 24.4 Å². The van der Waals surface area contributed by atoms with E-state index in [0.29, 0.717) is 30.1 Å². The van der Waals surface area contributed by atoms with Gasteiger partial charge in [-0.15, -0.1) is 0 Å². The van der Waals surface area contributed by atoms with Crippen LogP contribution >= 0.6 is 0 Å². The highest BCUT2D eigenvalue weighted by atomic mass is 16.3. The monoisotopic (exact) mass is 529 g/mol. The van der Waals surface area contributed by atoms with E-state index in [9.17, 15) is 9.90 Å². The highest BCUT2D eigenvalue weighted by Crippen LogP contribution is 2.76. The van der Waals surface area contributed by atoms with Crippen molar-refractivity contribution in [3.63, 3.8) is 0 Å². The number of allylic oxidation sites excluding steroid dienone is 2. The van der Waals surface area contributed by atoms with Gasteiger partial charge in [-0.3, -0.25) is 9.78 Å². The van der Waals surface area contributed by atoms with Crippen LogP contribution < -0.4 is 0 Å². The summed E-state index contributed by atoms with van der Waals surface area (Å²) in [6, 6.07) is 5.98. The minimum absolute atomic E-state index is 0.00182. The van der Waals surface area contributed by atoms with Gasteiger partial charge in [-0.25, -0.2) is 0 Å². The minimum Gasteiger partial charge on any atom is -0.395 e. The number of hydrogen-bond acceptors (Lipinski definition) is 3. The molecule has 39 heavy (non-hydrogen) atoms. The molecule has 4 saturated carbocycles. The third-order valence-electron chi connectivity index (χ3n) is 13.7. The summed E-state index contributed by atoms with van der Waals surface area (Å²) in [5.41, 5.74) is 3.87. The molecular weight excluding hydrogens is 478 g/mol. The smallest absolute Gasteiger partial charge is 0.164 e. The number of carbonyl (C=O) groups excluding carboxylic acids is 1. The maximum absolute atomic E-state index is 13.9. The molecule has 0 aliphatic heterocycles. The number of aliphatic hydroxyl groups excluding tert-OH is 1. The Morgan fingerprint density at radius 1 is 0.897 bits per heavy atom. The largest absolute Gasteiger partial charge is 0.395 e. The summed E-state index contributed by atoms with van der Waals surface area (Å²) >= 11 is 0. The Labute approximate surface area is 237 Å². The molecule has 212 valence electrons. The zero-order valence-corrected chi connectivity index (χ0v) is 25.6. The predicted octanol–water partition coefficient (Wildman–Crippen LogP) is 8.44. The van der Waals surface area contributed by atoms with Gasteiger partial charge in [-0.2, -0.15) is 0 Å². The van der Waals surface area contributed by atoms with Gasteiger partial charge in [0.25, 0.3) is 0 Å². The van der Waals surface area contributed by atoms with Crippen LogP contribution in [0.25, 0.3) is 6.08 Å². The summed E-state index contributed by atoms with van der Waals surface area (Å²) in [6.45, 7) is 17.4. The second-order valence-electron chi connectivity index (χ2n) is 16.3. The van der Waals surface area contributed by atoms with Crippen LogP contribution in [0.3, 0.4) is 0 Å². The zero-order chi connectivity index (χ0) is 28.1. The number of rotatable bonds is 2. The van der Waals surface area contributed by atoms with Crippen molar-refractivity contribution in [3.8, 4) is 0 Å². The third-order valence-corrected chi connectivity index (χ3v) is 13.7. The Hall–Kier alpha value is -1.74. The van der Waals surface area contributed by atoms with Gasteiger partial charge in [0.1, 0.15) is 0 Å². The number of carbonyl (C=O) groups is 1. The topological polar surface area (TPSA) is 50.2 Å². The first-order valence-corrected chi connectivity index (χ1v) is 15.7. The van der Waals surface area contributed by atoms with Crippen LogP contribution in [0.4, 0.5) is 0 Å². The number of pyridine rings is 1. The molecule has 3 heteroatoms. The summed E-state index contributed by atoms with van der Waals surface area (Å²) in [7, 11) is 0.